The van der Waals surface area contributed by atoms with Crippen LogP contribution in [-0.4, -0.2) is 24.7 Å². The average molecular weight is 222 g/mol. The lowest BCUT2D eigenvalue weighted by Crippen LogP contribution is -2.03. The summed E-state index contributed by atoms with van der Waals surface area (Å²) < 4.78 is 1.82. The SMILES string of the molecule is Cn1cnnc1Sc1nccnc1CN. The van der Waals surface area contributed by atoms with Crippen molar-refractivity contribution in [3.63, 3.8) is 0 Å². The number of rotatable bonds is 3. The Kier molecular flexibility index (Phi) is 2.93. The van der Waals surface area contributed by atoms with Gasteiger partial charge in [0.15, 0.2) is 5.16 Å². The zero-order chi connectivity index (χ0) is 10.7. The Morgan fingerprint density at radius 2 is 2.20 bits per heavy atom. The third-order valence-electron chi connectivity index (χ3n) is 1.79. The lowest BCUT2D eigenvalue weighted by molar-refractivity contribution is 0.783. The van der Waals surface area contributed by atoms with Crippen molar-refractivity contribution in [1.82, 2.24) is 24.7 Å². The second kappa shape index (κ2) is 4.37. The molecule has 15 heavy (non-hydrogen) atoms. The molecule has 78 valence electrons. The summed E-state index contributed by atoms with van der Waals surface area (Å²) in [5.74, 6) is 0. The lowest BCUT2D eigenvalue weighted by atomic mass is 10.5. The minimum Gasteiger partial charge on any atom is -0.325 e. The molecule has 0 aromatic carbocycles. The van der Waals surface area contributed by atoms with Crippen LogP contribution in [0.4, 0.5) is 0 Å². The Balaban J connectivity index is 2.28. The van der Waals surface area contributed by atoms with Crippen LogP contribution in [0.3, 0.4) is 0 Å². The number of aromatic nitrogens is 5. The van der Waals surface area contributed by atoms with E-state index in [-0.39, 0.29) is 0 Å². The zero-order valence-corrected chi connectivity index (χ0v) is 8.98. The fourth-order valence-electron chi connectivity index (χ4n) is 1.03. The fourth-order valence-corrected chi connectivity index (χ4v) is 1.85. The highest BCUT2D eigenvalue weighted by Gasteiger charge is 2.09. The summed E-state index contributed by atoms with van der Waals surface area (Å²) in [6, 6.07) is 0. The van der Waals surface area contributed by atoms with Crippen LogP contribution in [0.15, 0.2) is 28.9 Å². The molecule has 0 aliphatic carbocycles. The summed E-state index contributed by atoms with van der Waals surface area (Å²) in [5, 5.41) is 9.28. The molecular weight excluding hydrogens is 212 g/mol. The Morgan fingerprint density at radius 1 is 1.40 bits per heavy atom. The number of aryl methyl sites for hydroxylation is 1. The van der Waals surface area contributed by atoms with Crippen LogP contribution >= 0.6 is 11.8 Å². The van der Waals surface area contributed by atoms with Crippen molar-refractivity contribution in [3.05, 3.63) is 24.4 Å². The van der Waals surface area contributed by atoms with Crippen molar-refractivity contribution in [2.24, 2.45) is 12.8 Å². The molecular formula is C8H10N6S. The largest absolute Gasteiger partial charge is 0.325 e. The highest BCUT2D eigenvalue weighted by molar-refractivity contribution is 7.99. The summed E-state index contributed by atoms with van der Waals surface area (Å²) >= 11 is 1.41. The standard InChI is InChI=1S/C8H10N6S/c1-14-5-12-13-8(14)15-7-6(4-9)10-2-3-11-7/h2-3,5H,4,9H2,1H3. The van der Waals surface area contributed by atoms with Gasteiger partial charge in [0.2, 0.25) is 0 Å². The van der Waals surface area contributed by atoms with Gasteiger partial charge in [-0.2, -0.15) is 0 Å². The second-order valence-corrected chi connectivity index (χ2v) is 3.79. The van der Waals surface area contributed by atoms with E-state index in [2.05, 4.69) is 20.2 Å². The fraction of sp³-hybridized carbons (Fsp3) is 0.250. The molecule has 2 heterocycles. The molecule has 0 saturated carbocycles. The van der Waals surface area contributed by atoms with Gasteiger partial charge in [0.05, 0.1) is 5.69 Å². The van der Waals surface area contributed by atoms with E-state index < -0.39 is 0 Å². The van der Waals surface area contributed by atoms with Gasteiger partial charge >= 0.3 is 0 Å². The van der Waals surface area contributed by atoms with Crippen LogP contribution < -0.4 is 5.73 Å². The van der Waals surface area contributed by atoms with Crippen molar-refractivity contribution < 1.29 is 0 Å². The monoisotopic (exact) mass is 222 g/mol. The van der Waals surface area contributed by atoms with Crippen molar-refractivity contribution >= 4 is 11.8 Å². The van der Waals surface area contributed by atoms with Gasteiger partial charge in [-0.3, -0.25) is 4.98 Å². The molecule has 2 rings (SSSR count). The summed E-state index contributed by atoms with van der Waals surface area (Å²) in [4.78, 5) is 8.35. The van der Waals surface area contributed by atoms with Gasteiger partial charge < -0.3 is 10.3 Å². The zero-order valence-electron chi connectivity index (χ0n) is 8.16. The molecule has 7 heteroatoms. The van der Waals surface area contributed by atoms with Crippen LogP contribution in [0.5, 0.6) is 0 Å². The Bertz CT molecular complexity index is 454. The summed E-state index contributed by atoms with van der Waals surface area (Å²) in [5.41, 5.74) is 6.33. The van der Waals surface area contributed by atoms with E-state index in [9.17, 15) is 0 Å². The van der Waals surface area contributed by atoms with E-state index in [1.165, 1.54) is 11.8 Å². The van der Waals surface area contributed by atoms with E-state index >= 15 is 0 Å². The molecule has 0 saturated heterocycles. The van der Waals surface area contributed by atoms with Gasteiger partial charge in [-0.05, 0) is 11.8 Å². The van der Waals surface area contributed by atoms with E-state index in [4.69, 9.17) is 5.73 Å². The minimum absolute atomic E-state index is 0.369. The predicted octanol–water partition coefficient (Wildman–Crippen LogP) is 0.215. The van der Waals surface area contributed by atoms with E-state index in [1.54, 1.807) is 18.7 Å². The smallest absolute Gasteiger partial charge is 0.197 e. The Hall–Kier alpha value is -1.47. The predicted molar refractivity (Wildman–Crippen MR) is 55.0 cm³/mol. The average Bonchev–Trinajstić information content (AvgIpc) is 2.65. The summed E-state index contributed by atoms with van der Waals surface area (Å²) in [6.45, 7) is 0.369. The molecule has 2 aromatic heterocycles. The van der Waals surface area contributed by atoms with Gasteiger partial charge in [-0.1, -0.05) is 0 Å². The Labute approximate surface area is 90.9 Å². The van der Waals surface area contributed by atoms with E-state index in [1.807, 2.05) is 11.6 Å². The number of nitrogens with zero attached hydrogens (tertiary/aromatic N) is 5. The molecule has 6 nitrogen and oxygen atoms in total. The molecule has 0 atom stereocenters. The molecule has 2 aromatic rings. The third-order valence-corrected chi connectivity index (χ3v) is 2.87. The first kappa shape index (κ1) is 10.1. The number of hydrogen-bond acceptors (Lipinski definition) is 6. The van der Waals surface area contributed by atoms with Gasteiger partial charge in [0.1, 0.15) is 11.4 Å². The van der Waals surface area contributed by atoms with Crippen LogP contribution in [0.2, 0.25) is 0 Å². The third kappa shape index (κ3) is 2.13. The van der Waals surface area contributed by atoms with Crippen LogP contribution in [0, 0.1) is 0 Å². The summed E-state index contributed by atoms with van der Waals surface area (Å²) in [7, 11) is 1.88. The van der Waals surface area contributed by atoms with Gasteiger partial charge in [0, 0.05) is 26.0 Å². The van der Waals surface area contributed by atoms with Gasteiger partial charge in [0.25, 0.3) is 0 Å². The molecule has 0 spiro atoms. The summed E-state index contributed by atoms with van der Waals surface area (Å²) in [6.07, 6.45) is 4.90. The van der Waals surface area contributed by atoms with Crippen LogP contribution in [-0.2, 0) is 13.6 Å². The van der Waals surface area contributed by atoms with Crippen LogP contribution in [0.1, 0.15) is 5.69 Å². The normalized spacial score (nSPS) is 10.5. The molecule has 0 radical (unpaired) electrons. The highest BCUT2D eigenvalue weighted by Crippen LogP contribution is 2.24. The molecule has 0 aliphatic heterocycles. The van der Waals surface area contributed by atoms with Gasteiger partial charge in [-0.15, -0.1) is 10.2 Å². The lowest BCUT2D eigenvalue weighted by Gasteiger charge is -2.03. The highest BCUT2D eigenvalue weighted by atomic mass is 32.2. The molecule has 0 bridgehead atoms. The van der Waals surface area contributed by atoms with Gasteiger partial charge in [-0.25, -0.2) is 4.98 Å². The molecule has 0 fully saturated rings. The first-order chi connectivity index (χ1) is 7.31. The topological polar surface area (TPSA) is 82.5 Å². The maximum atomic E-state index is 5.56. The maximum absolute atomic E-state index is 5.56. The quantitative estimate of drug-likeness (QED) is 0.799. The first-order valence-corrected chi connectivity index (χ1v) is 5.14. The number of nitrogens with two attached hydrogens (primary N) is 1. The van der Waals surface area contributed by atoms with Crippen molar-refractivity contribution in [2.45, 2.75) is 16.7 Å². The van der Waals surface area contributed by atoms with E-state index in [0.717, 1.165) is 15.9 Å². The second-order valence-electron chi connectivity index (χ2n) is 2.84. The Morgan fingerprint density at radius 3 is 2.87 bits per heavy atom. The minimum atomic E-state index is 0.369. The van der Waals surface area contributed by atoms with E-state index in [0.29, 0.717) is 6.54 Å². The molecule has 2 N–H and O–H groups in total. The molecule has 0 unspecified atom stereocenters. The first-order valence-electron chi connectivity index (χ1n) is 4.33. The molecule has 0 amide bonds. The maximum Gasteiger partial charge on any atom is 0.197 e. The number of hydrogen-bond donors (Lipinski definition) is 1. The van der Waals surface area contributed by atoms with Crippen molar-refractivity contribution in [2.75, 3.05) is 0 Å². The molecule has 0 aliphatic rings. The van der Waals surface area contributed by atoms with Crippen molar-refractivity contribution in [1.29, 1.82) is 0 Å². The van der Waals surface area contributed by atoms with Crippen LogP contribution in [0.25, 0.3) is 0 Å². The van der Waals surface area contributed by atoms with Crippen molar-refractivity contribution in [3.8, 4) is 0 Å².